The summed E-state index contributed by atoms with van der Waals surface area (Å²) in [6.07, 6.45) is 4.77. The summed E-state index contributed by atoms with van der Waals surface area (Å²) in [5, 5.41) is 4.24. The van der Waals surface area contributed by atoms with Crippen LogP contribution in [-0.2, 0) is 0 Å². The molecule has 0 amide bonds. The lowest BCUT2D eigenvalue weighted by Crippen LogP contribution is -2.44. The van der Waals surface area contributed by atoms with Gasteiger partial charge in [-0.25, -0.2) is 9.97 Å². The smallest absolute Gasteiger partial charge is 0.167 e. The lowest BCUT2D eigenvalue weighted by Gasteiger charge is -2.28. The highest BCUT2D eigenvalue weighted by Gasteiger charge is 2.38. The Hall–Kier alpha value is -2.96. The van der Waals surface area contributed by atoms with Crippen LogP contribution < -0.4 is 10.2 Å². The molecule has 2 atom stereocenters. The number of hydrogen-bond donors (Lipinski definition) is 1. The minimum Gasteiger partial charge on any atom is -0.351 e. The second-order valence-electron chi connectivity index (χ2n) is 7.65. The van der Waals surface area contributed by atoms with Gasteiger partial charge in [0.2, 0.25) is 0 Å². The van der Waals surface area contributed by atoms with Gasteiger partial charge < -0.3 is 10.2 Å². The third kappa shape index (κ3) is 2.79. The van der Waals surface area contributed by atoms with Crippen molar-refractivity contribution in [2.45, 2.75) is 18.5 Å². The van der Waals surface area contributed by atoms with Gasteiger partial charge in [-0.1, -0.05) is 23.7 Å². The number of benzene rings is 1. The lowest BCUT2D eigenvalue weighted by molar-refractivity contribution is 0.577. The highest BCUT2D eigenvalue weighted by molar-refractivity contribution is 6.30. The molecule has 7 heteroatoms. The molecule has 1 N–H and O–H groups in total. The van der Waals surface area contributed by atoms with Crippen LogP contribution in [0.2, 0.25) is 5.02 Å². The summed E-state index contributed by atoms with van der Waals surface area (Å²) < 4.78 is 2.10. The van der Waals surface area contributed by atoms with E-state index in [0.717, 1.165) is 47.1 Å². The molecule has 6 nitrogen and oxygen atoms in total. The van der Waals surface area contributed by atoms with Gasteiger partial charge >= 0.3 is 0 Å². The van der Waals surface area contributed by atoms with Crippen LogP contribution in [0.4, 0.5) is 5.82 Å². The molecule has 2 bridgehead atoms. The van der Waals surface area contributed by atoms with Crippen molar-refractivity contribution in [1.29, 1.82) is 0 Å². The van der Waals surface area contributed by atoms with Gasteiger partial charge in [0.05, 0.1) is 5.69 Å². The first-order valence-corrected chi connectivity index (χ1v) is 10.2. The standard InChI is InChI=1S/C22H19ClN6/c23-15-3-1-2-14(10-15)21-26-19-4-5-20(28-13-16-11-18(28)12-25-16)27-22(19)29(21)17-6-8-24-9-7-17/h1-10,16,18,25H,11-13H2/t16-,18-/m1/s1. The SMILES string of the molecule is Clc1cccc(-c2nc3ccc(N4C[C@H]5C[C@@H]4CN5)nc3n2-c2ccncc2)c1. The van der Waals surface area contributed by atoms with Crippen molar-refractivity contribution in [2.75, 3.05) is 18.0 Å². The molecular formula is C22H19ClN6. The molecule has 0 radical (unpaired) electrons. The molecule has 29 heavy (non-hydrogen) atoms. The fraction of sp³-hybridized carbons (Fsp3) is 0.227. The molecule has 0 unspecified atom stereocenters. The monoisotopic (exact) mass is 402 g/mol. The maximum absolute atomic E-state index is 6.26. The zero-order valence-electron chi connectivity index (χ0n) is 15.7. The van der Waals surface area contributed by atoms with Crippen LogP contribution in [0.3, 0.4) is 0 Å². The van der Waals surface area contributed by atoms with Gasteiger partial charge in [0.15, 0.2) is 5.65 Å². The van der Waals surface area contributed by atoms with Crippen molar-refractivity contribution in [3.05, 3.63) is 65.9 Å². The third-order valence-corrected chi connectivity index (χ3v) is 6.08. The van der Waals surface area contributed by atoms with E-state index in [1.165, 1.54) is 6.42 Å². The summed E-state index contributed by atoms with van der Waals surface area (Å²) in [6.45, 7) is 2.04. The van der Waals surface area contributed by atoms with Crippen LogP contribution in [0.5, 0.6) is 0 Å². The van der Waals surface area contributed by atoms with Gasteiger partial charge in [-0.3, -0.25) is 9.55 Å². The maximum Gasteiger partial charge on any atom is 0.167 e. The molecule has 1 aromatic carbocycles. The Balaban J connectivity index is 1.56. The number of rotatable bonds is 3. The number of imidazole rings is 1. The molecule has 4 aromatic rings. The van der Waals surface area contributed by atoms with Gasteiger partial charge in [-0.15, -0.1) is 0 Å². The van der Waals surface area contributed by atoms with E-state index in [-0.39, 0.29) is 0 Å². The van der Waals surface area contributed by atoms with Crippen molar-refractivity contribution in [2.24, 2.45) is 0 Å². The number of pyridine rings is 2. The predicted octanol–water partition coefficient (Wildman–Crippen LogP) is 3.69. The Labute approximate surface area is 173 Å². The van der Waals surface area contributed by atoms with Crippen LogP contribution in [0.1, 0.15) is 6.42 Å². The van der Waals surface area contributed by atoms with E-state index >= 15 is 0 Å². The number of nitrogens with zero attached hydrogens (tertiary/aromatic N) is 5. The summed E-state index contributed by atoms with van der Waals surface area (Å²) in [6, 6.07) is 17.0. The Morgan fingerprint density at radius 2 is 1.93 bits per heavy atom. The second kappa shape index (κ2) is 6.54. The third-order valence-electron chi connectivity index (χ3n) is 5.84. The minimum atomic E-state index is 0.523. The van der Waals surface area contributed by atoms with Crippen LogP contribution in [-0.4, -0.2) is 44.7 Å². The Bertz CT molecular complexity index is 1200. The zero-order chi connectivity index (χ0) is 19.4. The molecule has 2 aliphatic heterocycles. The first-order chi connectivity index (χ1) is 14.3. The van der Waals surface area contributed by atoms with E-state index in [1.54, 1.807) is 12.4 Å². The molecule has 5 heterocycles. The van der Waals surface area contributed by atoms with Gasteiger partial charge in [0.25, 0.3) is 0 Å². The molecule has 3 aromatic heterocycles. The van der Waals surface area contributed by atoms with Gasteiger partial charge in [-0.05, 0) is 42.8 Å². The Morgan fingerprint density at radius 3 is 2.69 bits per heavy atom. The number of aromatic nitrogens is 4. The molecule has 144 valence electrons. The first kappa shape index (κ1) is 16.9. The molecule has 2 aliphatic rings. The van der Waals surface area contributed by atoms with E-state index in [1.807, 2.05) is 36.4 Å². The molecule has 0 saturated carbocycles. The normalized spacial score (nSPS) is 20.7. The van der Waals surface area contributed by atoms with E-state index in [0.29, 0.717) is 17.1 Å². The highest BCUT2D eigenvalue weighted by Crippen LogP contribution is 2.33. The Morgan fingerprint density at radius 1 is 1.03 bits per heavy atom. The van der Waals surface area contributed by atoms with E-state index in [4.69, 9.17) is 21.6 Å². The minimum absolute atomic E-state index is 0.523. The van der Waals surface area contributed by atoms with Crippen LogP contribution in [0, 0.1) is 0 Å². The van der Waals surface area contributed by atoms with Crippen molar-refractivity contribution >= 4 is 28.6 Å². The fourth-order valence-electron chi connectivity index (χ4n) is 4.51. The zero-order valence-corrected chi connectivity index (χ0v) is 16.4. The molecule has 6 rings (SSSR count). The van der Waals surface area contributed by atoms with Crippen molar-refractivity contribution in [3.8, 4) is 17.1 Å². The summed E-state index contributed by atoms with van der Waals surface area (Å²) in [5.41, 5.74) is 3.65. The number of nitrogens with one attached hydrogen (secondary N) is 1. The van der Waals surface area contributed by atoms with Crippen molar-refractivity contribution in [3.63, 3.8) is 0 Å². The van der Waals surface area contributed by atoms with E-state index in [2.05, 4.69) is 31.9 Å². The van der Waals surface area contributed by atoms with Crippen LogP contribution >= 0.6 is 11.6 Å². The topological polar surface area (TPSA) is 58.9 Å². The van der Waals surface area contributed by atoms with Crippen LogP contribution in [0.15, 0.2) is 60.9 Å². The number of halogens is 1. The van der Waals surface area contributed by atoms with E-state index < -0.39 is 0 Å². The average molecular weight is 403 g/mol. The average Bonchev–Trinajstić information content (AvgIpc) is 3.48. The number of anilines is 1. The molecular weight excluding hydrogens is 384 g/mol. The van der Waals surface area contributed by atoms with Crippen LogP contribution in [0.25, 0.3) is 28.2 Å². The Kier molecular flexibility index (Phi) is 3.82. The first-order valence-electron chi connectivity index (χ1n) is 9.82. The number of piperazine rings is 1. The summed E-state index contributed by atoms with van der Waals surface area (Å²) in [4.78, 5) is 16.6. The summed E-state index contributed by atoms with van der Waals surface area (Å²) in [7, 11) is 0. The maximum atomic E-state index is 6.26. The number of hydrogen-bond acceptors (Lipinski definition) is 5. The predicted molar refractivity (Wildman–Crippen MR) is 115 cm³/mol. The molecule has 0 spiro atoms. The number of fused-ring (bicyclic) bond motifs is 3. The summed E-state index contributed by atoms with van der Waals surface area (Å²) >= 11 is 6.26. The quantitative estimate of drug-likeness (QED) is 0.566. The second-order valence-corrected chi connectivity index (χ2v) is 8.08. The molecule has 2 fully saturated rings. The highest BCUT2D eigenvalue weighted by atomic mass is 35.5. The van der Waals surface area contributed by atoms with Gasteiger partial charge in [-0.2, -0.15) is 0 Å². The molecule has 2 saturated heterocycles. The fourth-order valence-corrected chi connectivity index (χ4v) is 4.70. The van der Waals surface area contributed by atoms with Gasteiger partial charge in [0.1, 0.15) is 17.2 Å². The van der Waals surface area contributed by atoms with E-state index in [9.17, 15) is 0 Å². The molecule has 0 aliphatic carbocycles. The van der Waals surface area contributed by atoms with Crippen molar-refractivity contribution in [1.82, 2.24) is 24.8 Å². The summed E-state index contributed by atoms with van der Waals surface area (Å²) in [5.74, 6) is 1.84. The lowest BCUT2D eigenvalue weighted by atomic mass is 10.2. The van der Waals surface area contributed by atoms with Gasteiger partial charge in [0, 0.05) is 48.2 Å². The largest absolute Gasteiger partial charge is 0.351 e. The van der Waals surface area contributed by atoms with Crippen molar-refractivity contribution < 1.29 is 0 Å².